The third-order valence-corrected chi connectivity index (χ3v) is 7.99. The Labute approximate surface area is 239 Å². The Hall–Kier alpha value is -2.95. The van der Waals surface area contributed by atoms with E-state index in [0.717, 1.165) is 10.8 Å². The summed E-state index contributed by atoms with van der Waals surface area (Å²) in [7, 11) is -2.66. The van der Waals surface area contributed by atoms with Gasteiger partial charge in [0.2, 0.25) is 6.41 Å². The van der Waals surface area contributed by atoms with Gasteiger partial charge in [-0.15, -0.1) is 0 Å². The highest BCUT2D eigenvalue weighted by molar-refractivity contribution is 7.52. The molecule has 5 unspecified atom stereocenters. The minimum Gasteiger partial charge on any atom is -0.462 e. The molecule has 1 fully saturated rings. The maximum atomic E-state index is 14.1. The third-order valence-electron chi connectivity index (χ3n) is 6.07. The second-order valence-corrected chi connectivity index (χ2v) is 11.8. The number of amides is 1. The summed E-state index contributed by atoms with van der Waals surface area (Å²) in [6, 6.07) is 11.8. The van der Waals surface area contributed by atoms with Crippen molar-refractivity contribution in [2.75, 3.05) is 13.7 Å². The van der Waals surface area contributed by atoms with E-state index in [9.17, 15) is 14.2 Å². The van der Waals surface area contributed by atoms with E-state index in [-0.39, 0.29) is 29.5 Å². The van der Waals surface area contributed by atoms with Crippen LogP contribution in [0.2, 0.25) is 0 Å². The van der Waals surface area contributed by atoms with E-state index in [4.69, 9.17) is 35.9 Å². The molecule has 13 heteroatoms. The van der Waals surface area contributed by atoms with Crippen molar-refractivity contribution in [3.63, 3.8) is 0 Å². The van der Waals surface area contributed by atoms with Gasteiger partial charge in [0.05, 0.1) is 23.8 Å². The predicted octanol–water partition coefficient (Wildman–Crippen LogP) is 4.55. The maximum absolute atomic E-state index is 14.1. The summed E-state index contributed by atoms with van der Waals surface area (Å²) < 4.78 is 37.1. The highest BCUT2D eigenvalue weighted by Crippen LogP contribution is 2.47. The van der Waals surface area contributed by atoms with Gasteiger partial charge in [0.15, 0.2) is 0 Å². The lowest BCUT2D eigenvalue weighted by Gasteiger charge is -2.26. The van der Waals surface area contributed by atoms with Crippen molar-refractivity contribution in [3.8, 4) is 5.75 Å². The minimum atomic E-state index is -4.14. The number of fused-ring (bicyclic) bond motifs is 1. The molecule has 0 aliphatic carbocycles. The van der Waals surface area contributed by atoms with Gasteiger partial charge >= 0.3 is 13.7 Å². The standard InChI is InChI=1S/C27H36ClN4O7P/c1-17(2)37-27(34)19(4)31-40(35,39-24-12-8-10-20-9-6-7-11-22(20)24)36-15-21-13-18(3)26(38-21)32(16-33)14-23(28)25(29)30-5/h6-12,14,16-19,21,26H,13,15H2,1-5H3,(H2,29,30)(H,31,35)/b23-14+. The predicted molar refractivity (Wildman–Crippen MR) is 154 cm³/mol. The van der Waals surface area contributed by atoms with E-state index in [1.807, 2.05) is 37.3 Å². The number of carbonyl (C=O) groups excluding carboxylic acids is 2. The number of ether oxygens (including phenoxy) is 2. The van der Waals surface area contributed by atoms with E-state index < -0.39 is 32.1 Å². The van der Waals surface area contributed by atoms with Crippen LogP contribution in [0.15, 0.2) is 58.7 Å². The van der Waals surface area contributed by atoms with Crippen LogP contribution in [0.5, 0.6) is 5.75 Å². The molecule has 0 bridgehead atoms. The van der Waals surface area contributed by atoms with Crippen LogP contribution in [0.1, 0.15) is 34.1 Å². The van der Waals surface area contributed by atoms with Gasteiger partial charge in [-0.05, 0) is 38.6 Å². The number of amidine groups is 1. The molecule has 1 saturated heterocycles. The van der Waals surface area contributed by atoms with Crippen LogP contribution in [-0.2, 0) is 28.2 Å². The Balaban J connectivity index is 1.79. The molecular formula is C27H36ClN4O7P. The number of aliphatic imine (C=N–C) groups is 1. The Kier molecular flexibility index (Phi) is 11.1. The SMILES string of the molecule is C/N=C(N)\C(Cl)=C/N(C=O)C1OC(COP(=O)(NC(C)C(=O)OC(C)C)Oc2cccc3ccccc23)CC1C. The summed E-state index contributed by atoms with van der Waals surface area (Å²) >= 11 is 6.14. The smallest absolute Gasteiger partial charge is 0.459 e. The number of nitrogens with two attached hydrogens (primary N) is 1. The summed E-state index contributed by atoms with van der Waals surface area (Å²) in [5, 5.41) is 4.39. The van der Waals surface area contributed by atoms with Crippen LogP contribution in [-0.4, -0.2) is 61.2 Å². The molecule has 3 rings (SSSR count). The first kappa shape index (κ1) is 31.6. The van der Waals surface area contributed by atoms with Gasteiger partial charge in [-0.2, -0.15) is 5.09 Å². The normalized spacial score (nSPS) is 22.1. The molecule has 0 spiro atoms. The first-order chi connectivity index (χ1) is 19.0. The van der Waals surface area contributed by atoms with Gasteiger partial charge in [0, 0.05) is 24.6 Å². The lowest BCUT2D eigenvalue weighted by atomic mass is 10.1. The van der Waals surface area contributed by atoms with Crippen molar-refractivity contribution in [1.29, 1.82) is 0 Å². The molecular weight excluding hydrogens is 559 g/mol. The second-order valence-electron chi connectivity index (χ2n) is 9.70. The molecule has 40 heavy (non-hydrogen) atoms. The van der Waals surface area contributed by atoms with Crippen molar-refractivity contribution in [2.24, 2.45) is 16.6 Å². The first-order valence-electron chi connectivity index (χ1n) is 12.8. The van der Waals surface area contributed by atoms with E-state index in [1.54, 1.807) is 26.0 Å². The quantitative estimate of drug-likeness (QED) is 0.112. The number of hydrogen-bond donors (Lipinski definition) is 2. The first-order valence-corrected chi connectivity index (χ1v) is 14.8. The molecule has 1 amide bonds. The van der Waals surface area contributed by atoms with E-state index in [2.05, 4.69) is 10.1 Å². The Morgan fingerprint density at radius 2 is 1.98 bits per heavy atom. The van der Waals surface area contributed by atoms with Crippen molar-refractivity contribution in [1.82, 2.24) is 9.99 Å². The summed E-state index contributed by atoms with van der Waals surface area (Å²) in [6.45, 7) is 6.70. The van der Waals surface area contributed by atoms with Crippen molar-refractivity contribution < 1.29 is 32.7 Å². The van der Waals surface area contributed by atoms with Crippen molar-refractivity contribution in [3.05, 3.63) is 53.7 Å². The largest absolute Gasteiger partial charge is 0.462 e. The Bertz CT molecular complexity index is 1300. The molecule has 2 aromatic carbocycles. The fraction of sp³-hybridized carbons (Fsp3) is 0.444. The van der Waals surface area contributed by atoms with Crippen molar-refractivity contribution in [2.45, 2.75) is 58.6 Å². The second kappa shape index (κ2) is 14.1. The van der Waals surface area contributed by atoms with Gasteiger partial charge < -0.3 is 19.7 Å². The van der Waals surface area contributed by atoms with Crippen LogP contribution in [0.25, 0.3) is 10.8 Å². The number of carbonyl (C=O) groups is 2. The van der Waals surface area contributed by atoms with Crippen LogP contribution < -0.4 is 15.3 Å². The number of rotatable bonds is 13. The number of esters is 1. The monoisotopic (exact) mass is 594 g/mol. The molecule has 5 atom stereocenters. The van der Waals surface area contributed by atoms with E-state index in [1.165, 1.54) is 25.1 Å². The van der Waals surface area contributed by atoms with Gasteiger partial charge in [-0.25, -0.2) is 4.57 Å². The highest BCUT2D eigenvalue weighted by atomic mass is 35.5. The number of nitrogens with zero attached hydrogens (tertiary/aromatic N) is 2. The Morgan fingerprint density at radius 3 is 2.65 bits per heavy atom. The number of nitrogens with one attached hydrogen (secondary N) is 1. The zero-order valence-electron chi connectivity index (χ0n) is 23.2. The molecule has 1 aliphatic heterocycles. The lowest BCUT2D eigenvalue weighted by Crippen LogP contribution is -2.37. The molecule has 2 aromatic rings. The number of halogens is 1. The number of benzene rings is 2. The van der Waals surface area contributed by atoms with Crippen LogP contribution >= 0.6 is 19.3 Å². The van der Waals surface area contributed by atoms with Gasteiger partial charge in [0.25, 0.3) is 0 Å². The average Bonchev–Trinajstić information content (AvgIpc) is 3.29. The van der Waals surface area contributed by atoms with Crippen LogP contribution in [0.4, 0.5) is 0 Å². The molecule has 0 radical (unpaired) electrons. The van der Waals surface area contributed by atoms with Crippen molar-refractivity contribution >= 4 is 48.3 Å². The fourth-order valence-electron chi connectivity index (χ4n) is 4.16. The fourth-order valence-corrected chi connectivity index (χ4v) is 5.89. The van der Waals surface area contributed by atoms with E-state index in [0.29, 0.717) is 18.6 Å². The Morgan fingerprint density at radius 1 is 1.27 bits per heavy atom. The molecule has 3 N–H and O–H groups in total. The minimum absolute atomic E-state index is 0.0711. The zero-order valence-corrected chi connectivity index (χ0v) is 24.8. The van der Waals surface area contributed by atoms with Gasteiger partial charge in [0.1, 0.15) is 23.9 Å². The van der Waals surface area contributed by atoms with Crippen LogP contribution in [0.3, 0.4) is 0 Å². The van der Waals surface area contributed by atoms with Gasteiger partial charge in [-0.1, -0.05) is 54.9 Å². The molecule has 11 nitrogen and oxygen atoms in total. The number of hydrogen-bond acceptors (Lipinski definition) is 8. The summed E-state index contributed by atoms with van der Waals surface area (Å²) in [6.07, 6.45) is 0.833. The highest BCUT2D eigenvalue weighted by Gasteiger charge is 2.39. The maximum Gasteiger partial charge on any atom is 0.459 e. The lowest BCUT2D eigenvalue weighted by molar-refractivity contribution is -0.149. The zero-order chi connectivity index (χ0) is 29.4. The topological polar surface area (TPSA) is 142 Å². The molecule has 0 saturated carbocycles. The average molecular weight is 595 g/mol. The molecule has 1 heterocycles. The molecule has 218 valence electrons. The summed E-state index contributed by atoms with van der Waals surface area (Å²) in [5.74, 6) is -0.335. The summed E-state index contributed by atoms with van der Waals surface area (Å²) in [5.41, 5.74) is 5.72. The van der Waals surface area contributed by atoms with E-state index >= 15 is 0 Å². The summed E-state index contributed by atoms with van der Waals surface area (Å²) in [4.78, 5) is 29.4. The third kappa shape index (κ3) is 8.28. The van der Waals surface area contributed by atoms with Crippen LogP contribution in [0, 0.1) is 5.92 Å². The molecule has 0 aromatic heterocycles. The van der Waals surface area contributed by atoms with Gasteiger partial charge in [-0.3, -0.25) is 24.0 Å². The molecule has 1 aliphatic rings.